The fourth-order valence-corrected chi connectivity index (χ4v) is 2.49. The third kappa shape index (κ3) is 2.43. The molecule has 1 aliphatic heterocycles. The molecule has 1 heterocycles. The molecule has 1 rings (SSSR count). The van der Waals surface area contributed by atoms with E-state index in [-0.39, 0.29) is 24.3 Å². The average molecular weight is 180 g/mol. The van der Waals surface area contributed by atoms with Gasteiger partial charge in [-0.25, -0.2) is 8.42 Å². The second-order valence-corrected chi connectivity index (χ2v) is 5.17. The number of hydrogen-bond acceptors (Lipinski definition) is 4. The molecular weight excluding hydrogens is 168 g/mol. The number of aliphatic hydroxyl groups excluding tert-OH is 2. The highest BCUT2D eigenvalue weighted by Gasteiger charge is 2.25. The van der Waals surface area contributed by atoms with Crippen molar-refractivity contribution < 1.29 is 18.6 Å². The Morgan fingerprint density at radius 2 is 1.36 bits per heavy atom. The fraction of sp³-hybridized carbons (Fsp3) is 1.00. The molecule has 0 aliphatic carbocycles. The van der Waals surface area contributed by atoms with Gasteiger partial charge >= 0.3 is 0 Å². The largest absolute Gasteiger partial charge is 0.390 e. The van der Waals surface area contributed by atoms with E-state index in [4.69, 9.17) is 10.2 Å². The van der Waals surface area contributed by atoms with Gasteiger partial charge in [-0.05, 0) is 12.8 Å². The second kappa shape index (κ2) is 3.08. The summed E-state index contributed by atoms with van der Waals surface area (Å²) in [5, 5.41) is 18.2. The first kappa shape index (κ1) is 8.96. The van der Waals surface area contributed by atoms with Gasteiger partial charge in [0.15, 0.2) is 9.84 Å². The molecule has 1 aliphatic rings. The maximum absolute atomic E-state index is 10.9. The molecule has 2 N–H and O–H groups in total. The minimum absolute atomic E-state index is 0.00870. The third-order valence-corrected chi connectivity index (χ3v) is 3.61. The lowest BCUT2D eigenvalue weighted by Gasteiger charge is -2.11. The van der Waals surface area contributed by atoms with E-state index < -0.39 is 22.0 Å². The van der Waals surface area contributed by atoms with Crippen LogP contribution in [-0.4, -0.2) is 42.3 Å². The topological polar surface area (TPSA) is 74.6 Å². The minimum Gasteiger partial charge on any atom is -0.390 e. The van der Waals surface area contributed by atoms with E-state index in [1.54, 1.807) is 0 Å². The van der Waals surface area contributed by atoms with Gasteiger partial charge < -0.3 is 10.2 Å². The summed E-state index contributed by atoms with van der Waals surface area (Å²) in [6, 6.07) is 0. The quantitative estimate of drug-likeness (QED) is 0.497. The Labute approximate surface area is 65.8 Å². The van der Waals surface area contributed by atoms with Gasteiger partial charge in [0.1, 0.15) is 0 Å². The average Bonchev–Trinajstić information content (AvgIpc) is 2.03. The molecule has 5 heteroatoms. The van der Waals surface area contributed by atoms with Crippen molar-refractivity contribution in [2.75, 3.05) is 11.5 Å². The van der Waals surface area contributed by atoms with Crippen molar-refractivity contribution in [3.63, 3.8) is 0 Å². The lowest BCUT2D eigenvalue weighted by Crippen LogP contribution is -2.24. The molecule has 2 atom stereocenters. The molecule has 11 heavy (non-hydrogen) atoms. The van der Waals surface area contributed by atoms with Gasteiger partial charge in [0.2, 0.25) is 0 Å². The highest BCUT2D eigenvalue weighted by atomic mass is 32.2. The van der Waals surface area contributed by atoms with E-state index >= 15 is 0 Å². The van der Waals surface area contributed by atoms with Gasteiger partial charge in [-0.15, -0.1) is 0 Å². The molecular formula is C6H12O4S. The van der Waals surface area contributed by atoms with Gasteiger partial charge in [0, 0.05) is 0 Å². The maximum atomic E-state index is 10.9. The van der Waals surface area contributed by atoms with Crippen LogP contribution in [0.15, 0.2) is 0 Å². The maximum Gasteiger partial charge on any atom is 0.150 e. The SMILES string of the molecule is O=S1(=O)CC[C@@H](O)[C@@H](O)CC1. The molecule has 1 saturated heterocycles. The van der Waals surface area contributed by atoms with Crippen molar-refractivity contribution in [3.8, 4) is 0 Å². The van der Waals surface area contributed by atoms with E-state index in [1.807, 2.05) is 0 Å². The zero-order valence-electron chi connectivity index (χ0n) is 6.10. The van der Waals surface area contributed by atoms with Crippen LogP contribution in [0, 0.1) is 0 Å². The first-order chi connectivity index (χ1) is 5.01. The normalized spacial score (nSPS) is 38.0. The summed E-state index contributed by atoms with van der Waals surface area (Å²) in [5.74, 6) is -0.0174. The van der Waals surface area contributed by atoms with Gasteiger partial charge in [-0.1, -0.05) is 0 Å². The van der Waals surface area contributed by atoms with Gasteiger partial charge in [-0.3, -0.25) is 0 Å². The van der Waals surface area contributed by atoms with E-state index in [1.165, 1.54) is 0 Å². The molecule has 0 amide bonds. The highest BCUT2D eigenvalue weighted by Crippen LogP contribution is 2.12. The molecule has 0 spiro atoms. The van der Waals surface area contributed by atoms with Crippen LogP contribution in [0.2, 0.25) is 0 Å². The summed E-state index contributed by atoms with van der Waals surface area (Å²) < 4.78 is 21.9. The van der Waals surface area contributed by atoms with Gasteiger partial charge in [0.05, 0.1) is 23.7 Å². The number of aliphatic hydroxyl groups is 2. The van der Waals surface area contributed by atoms with Crippen LogP contribution in [0.1, 0.15) is 12.8 Å². The molecule has 0 saturated carbocycles. The highest BCUT2D eigenvalue weighted by molar-refractivity contribution is 7.91. The Morgan fingerprint density at radius 3 is 1.73 bits per heavy atom. The predicted molar refractivity (Wildman–Crippen MR) is 39.9 cm³/mol. The first-order valence-electron chi connectivity index (χ1n) is 3.58. The summed E-state index contributed by atoms with van der Waals surface area (Å²) in [5.41, 5.74) is 0. The van der Waals surface area contributed by atoms with E-state index in [2.05, 4.69) is 0 Å². The Morgan fingerprint density at radius 1 is 1.00 bits per heavy atom. The van der Waals surface area contributed by atoms with Crippen LogP contribution >= 0.6 is 0 Å². The number of sulfone groups is 1. The van der Waals surface area contributed by atoms with E-state index in [0.29, 0.717) is 0 Å². The monoisotopic (exact) mass is 180 g/mol. The zero-order valence-corrected chi connectivity index (χ0v) is 6.92. The molecule has 66 valence electrons. The Kier molecular flexibility index (Phi) is 2.51. The second-order valence-electron chi connectivity index (χ2n) is 2.86. The summed E-state index contributed by atoms with van der Waals surface area (Å²) >= 11 is 0. The Bertz CT molecular complexity index is 203. The lowest BCUT2D eigenvalue weighted by molar-refractivity contribution is 0.0187. The number of hydrogen-bond donors (Lipinski definition) is 2. The minimum atomic E-state index is -3.01. The molecule has 0 aromatic rings. The van der Waals surface area contributed by atoms with Crippen LogP contribution in [0.25, 0.3) is 0 Å². The molecule has 4 nitrogen and oxygen atoms in total. The van der Waals surface area contributed by atoms with Crippen LogP contribution in [0.4, 0.5) is 0 Å². The van der Waals surface area contributed by atoms with Crippen LogP contribution in [0.3, 0.4) is 0 Å². The van der Waals surface area contributed by atoms with Crippen molar-refractivity contribution in [2.24, 2.45) is 0 Å². The van der Waals surface area contributed by atoms with Gasteiger partial charge in [0.25, 0.3) is 0 Å². The van der Waals surface area contributed by atoms with Crippen molar-refractivity contribution in [1.82, 2.24) is 0 Å². The molecule has 0 bridgehead atoms. The lowest BCUT2D eigenvalue weighted by atomic mass is 10.1. The van der Waals surface area contributed by atoms with Crippen molar-refractivity contribution >= 4 is 9.84 Å². The Hall–Kier alpha value is -0.130. The molecule has 0 radical (unpaired) electrons. The van der Waals surface area contributed by atoms with Crippen molar-refractivity contribution in [1.29, 1.82) is 0 Å². The third-order valence-electron chi connectivity index (χ3n) is 1.89. The smallest absolute Gasteiger partial charge is 0.150 e. The molecule has 0 aromatic heterocycles. The van der Waals surface area contributed by atoms with Crippen molar-refractivity contribution in [3.05, 3.63) is 0 Å². The predicted octanol–water partition coefficient (Wildman–Crippen LogP) is -1.08. The summed E-state index contributed by atoms with van der Waals surface area (Å²) in [6.45, 7) is 0. The Balaban J connectivity index is 2.66. The van der Waals surface area contributed by atoms with Gasteiger partial charge in [-0.2, -0.15) is 0 Å². The van der Waals surface area contributed by atoms with Crippen molar-refractivity contribution in [2.45, 2.75) is 25.0 Å². The zero-order chi connectivity index (χ0) is 8.48. The summed E-state index contributed by atoms with van der Waals surface area (Å²) in [6.07, 6.45) is -1.42. The first-order valence-corrected chi connectivity index (χ1v) is 5.40. The van der Waals surface area contributed by atoms with E-state index in [9.17, 15) is 8.42 Å². The fourth-order valence-electron chi connectivity index (χ4n) is 1.09. The molecule has 0 aromatic carbocycles. The number of rotatable bonds is 0. The van der Waals surface area contributed by atoms with Crippen LogP contribution in [0.5, 0.6) is 0 Å². The summed E-state index contributed by atoms with van der Waals surface area (Å²) in [4.78, 5) is 0. The van der Waals surface area contributed by atoms with Crippen LogP contribution in [-0.2, 0) is 9.84 Å². The molecule has 1 fully saturated rings. The van der Waals surface area contributed by atoms with Crippen LogP contribution < -0.4 is 0 Å². The molecule has 0 unspecified atom stereocenters. The standard InChI is InChI=1S/C6H12O4S/c7-5-1-3-11(9,10)4-2-6(5)8/h5-8H,1-4H2/t5-,6+. The van der Waals surface area contributed by atoms with E-state index in [0.717, 1.165) is 0 Å². The summed E-state index contributed by atoms with van der Waals surface area (Å²) in [7, 11) is -3.01.